The Balaban J connectivity index is 1.57. The first-order valence-corrected chi connectivity index (χ1v) is 11.6. The molecule has 5 rings (SSSR count). The topological polar surface area (TPSA) is 74.6 Å². The van der Waals surface area contributed by atoms with Crippen LogP contribution in [0.4, 0.5) is 10.2 Å². The van der Waals surface area contributed by atoms with Crippen molar-refractivity contribution in [1.29, 1.82) is 0 Å². The summed E-state index contributed by atoms with van der Waals surface area (Å²) in [5, 5.41) is 7.76. The molecule has 8 heteroatoms. The first kappa shape index (κ1) is 23.4. The third-order valence-corrected chi connectivity index (χ3v) is 6.30. The first-order chi connectivity index (χ1) is 17.5. The number of benzene rings is 3. The van der Waals surface area contributed by atoms with Gasteiger partial charge in [0.2, 0.25) is 5.91 Å². The predicted octanol–water partition coefficient (Wildman–Crippen LogP) is 5.39. The maximum absolute atomic E-state index is 13.7. The number of rotatable bonds is 7. The number of carbonyl (C=O) groups is 1. The van der Waals surface area contributed by atoms with Crippen LogP contribution in [0.3, 0.4) is 0 Å². The fourth-order valence-electron chi connectivity index (χ4n) is 4.63. The quantitative estimate of drug-likeness (QED) is 0.378. The van der Waals surface area contributed by atoms with E-state index in [0.29, 0.717) is 22.9 Å². The molecule has 3 aromatic carbocycles. The molecule has 184 valence electrons. The van der Waals surface area contributed by atoms with Crippen molar-refractivity contribution in [1.82, 2.24) is 9.78 Å². The van der Waals surface area contributed by atoms with Crippen molar-refractivity contribution in [3.05, 3.63) is 94.9 Å². The van der Waals surface area contributed by atoms with E-state index in [-0.39, 0.29) is 30.7 Å². The van der Waals surface area contributed by atoms with Crippen molar-refractivity contribution in [2.45, 2.75) is 25.9 Å². The molecule has 0 fully saturated rings. The van der Waals surface area contributed by atoms with Crippen molar-refractivity contribution >= 4 is 11.7 Å². The van der Waals surface area contributed by atoms with Gasteiger partial charge in [-0.15, -0.1) is 0 Å². The minimum absolute atomic E-state index is 0.124. The number of carbonyl (C=O) groups excluding carboxylic acids is 1. The number of anilines is 1. The van der Waals surface area contributed by atoms with Crippen molar-refractivity contribution in [3.63, 3.8) is 0 Å². The number of hydrogen-bond acceptors (Lipinski definition) is 5. The van der Waals surface area contributed by atoms with E-state index in [1.807, 2.05) is 49.4 Å². The molecular weight excluding hydrogens is 461 g/mol. The predicted molar refractivity (Wildman–Crippen MR) is 134 cm³/mol. The fraction of sp³-hybridized carbons (Fsp3) is 0.214. The number of aromatic nitrogens is 2. The number of fused-ring (bicyclic) bond motifs is 1. The second-order valence-corrected chi connectivity index (χ2v) is 8.56. The summed E-state index contributed by atoms with van der Waals surface area (Å²) in [6, 6.07) is 19.4. The molecule has 4 aromatic rings. The zero-order chi connectivity index (χ0) is 25.2. The van der Waals surface area contributed by atoms with E-state index in [9.17, 15) is 9.18 Å². The molecule has 0 radical (unpaired) electrons. The number of amides is 1. The van der Waals surface area contributed by atoms with Gasteiger partial charge in [0.1, 0.15) is 24.0 Å². The zero-order valence-electron chi connectivity index (χ0n) is 20.2. The molecule has 1 amide bonds. The number of para-hydroxylation sites is 1. The molecule has 36 heavy (non-hydrogen) atoms. The van der Waals surface area contributed by atoms with Crippen LogP contribution < -0.4 is 19.5 Å². The summed E-state index contributed by atoms with van der Waals surface area (Å²) in [7, 11) is 3.18. The van der Waals surface area contributed by atoms with Crippen LogP contribution in [0.15, 0.2) is 66.7 Å². The molecule has 0 saturated carbocycles. The average molecular weight is 488 g/mol. The van der Waals surface area contributed by atoms with Crippen molar-refractivity contribution < 1.29 is 23.4 Å². The highest BCUT2D eigenvalue weighted by atomic mass is 19.1. The number of methoxy groups -OCH3 is 2. The number of halogens is 1. The van der Waals surface area contributed by atoms with Crippen LogP contribution in [-0.4, -0.2) is 29.9 Å². The Morgan fingerprint density at radius 3 is 2.56 bits per heavy atom. The largest absolute Gasteiger partial charge is 0.497 e. The van der Waals surface area contributed by atoms with Gasteiger partial charge in [-0.1, -0.05) is 24.3 Å². The number of nitrogens with one attached hydrogen (secondary N) is 1. The second kappa shape index (κ2) is 9.73. The molecule has 0 unspecified atom stereocenters. The Morgan fingerprint density at radius 2 is 1.83 bits per heavy atom. The van der Waals surface area contributed by atoms with Gasteiger partial charge in [-0.3, -0.25) is 4.79 Å². The van der Waals surface area contributed by atoms with Gasteiger partial charge in [0.25, 0.3) is 0 Å². The lowest BCUT2D eigenvalue weighted by atomic mass is 9.85. The summed E-state index contributed by atoms with van der Waals surface area (Å²) in [5.74, 6) is 1.65. The van der Waals surface area contributed by atoms with Crippen LogP contribution in [-0.2, 0) is 11.4 Å². The minimum atomic E-state index is -0.327. The van der Waals surface area contributed by atoms with Crippen LogP contribution in [0.5, 0.6) is 17.2 Å². The minimum Gasteiger partial charge on any atom is -0.497 e. The Hall–Kier alpha value is -4.33. The highest BCUT2D eigenvalue weighted by Crippen LogP contribution is 2.46. The number of aryl methyl sites for hydroxylation is 1. The molecule has 0 spiro atoms. The van der Waals surface area contributed by atoms with Gasteiger partial charge in [-0.05, 0) is 55.0 Å². The fourth-order valence-corrected chi connectivity index (χ4v) is 4.63. The van der Waals surface area contributed by atoms with E-state index in [0.717, 1.165) is 28.3 Å². The molecule has 0 aliphatic carbocycles. The summed E-state index contributed by atoms with van der Waals surface area (Å²) in [6.07, 6.45) is 0.228. The Morgan fingerprint density at radius 1 is 1.06 bits per heavy atom. The summed E-state index contributed by atoms with van der Waals surface area (Å²) in [5.41, 5.74) is 4.00. The van der Waals surface area contributed by atoms with Gasteiger partial charge in [0, 0.05) is 23.5 Å². The summed E-state index contributed by atoms with van der Waals surface area (Å²) < 4.78 is 32.5. The van der Waals surface area contributed by atoms with E-state index in [4.69, 9.17) is 19.3 Å². The third kappa shape index (κ3) is 4.37. The molecule has 0 bridgehead atoms. The lowest BCUT2D eigenvalue weighted by molar-refractivity contribution is -0.116. The van der Waals surface area contributed by atoms with Crippen LogP contribution in [0.1, 0.15) is 34.7 Å². The van der Waals surface area contributed by atoms with Crippen molar-refractivity contribution in [2.24, 2.45) is 0 Å². The lowest BCUT2D eigenvalue weighted by Gasteiger charge is -2.26. The molecule has 0 saturated heterocycles. The maximum Gasteiger partial charge on any atom is 0.226 e. The monoisotopic (exact) mass is 487 g/mol. The average Bonchev–Trinajstić information content (AvgIpc) is 3.22. The van der Waals surface area contributed by atoms with Gasteiger partial charge >= 0.3 is 0 Å². The van der Waals surface area contributed by atoms with Crippen LogP contribution in [0, 0.1) is 12.7 Å². The molecule has 1 aromatic heterocycles. The number of ether oxygens (including phenoxy) is 3. The Labute approximate surface area is 208 Å². The SMILES string of the molecule is COc1ccc(-n2nc(C)c3c2NC(=O)C[C@@H]3c2cccc(OC)c2OCc2cccc(F)c2)cc1. The normalized spacial score (nSPS) is 14.7. The summed E-state index contributed by atoms with van der Waals surface area (Å²) in [4.78, 5) is 12.9. The van der Waals surface area contributed by atoms with E-state index in [1.54, 1.807) is 31.0 Å². The third-order valence-electron chi connectivity index (χ3n) is 6.30. The van der Waals surface area contributed by atoms with Crippen LogP contribution in [0.25, 0.3) is 5.69 Å². The summed E-state index contributed by atoms with van der Waals surface area (Å²) >= 11 is 0. The van der Waals surface area contributed by atoms with Gasteiger partial charge in [-0.25, -0.2) is 9.07 Å². The van der Waals surface area contributed by atoms with Gasteiger partial charge in [0.15, 0.2) is 11.5 Å². The molecular formula is C28H26FN3O4. The van der Waals surface area contributed by atoms with Crippen molar-refractivity contribution in [2.75, 3.05) is 19.5 Å². The standard InChI is InChI=1S/C28H26FN3O4/c1-17-26-23(15-25(33)30-28(26)32(31-17)20-10-12-21(34-2)13-11-20)22-8-5-9-24(35-3)27(22)36-16-18-6-4-7-19(29)14-18/h4-14,23H,15-16H2,1-3H3,(H,30,33)/t23-/m1/s1. The molecule has 2 heterocycles. The molecule has 1 N–H and O–H groups in total. The molecule has 1 atom stereocenters. The van der Waals surface area contributed by atoms with E-state index in [1.165, 1.54) is 12.1 Å². The molecule has 1 aliphatic heterocycles. The van der Waals surface area contributed by atoms with Crippen molar-refractivity contribution in [3.8, 4) is 22.9 Å². The first-order valence-electron chi connectivity index (χ1n) is 11.6. The van der Waals surface area contributed by atoms with Crippen LogP contribution >= 0.6 is 0 Å². The number of nitrogens with zero attached hydrogens (tertiary/aromatic N) is 2. The zero-order valence-corrected chi connectivity index (χ0v) is 20.2. The van der Waals surface area contributed by atoms with Gasteiger partial charge in [-0.2, -0.15) is 5.10 Å². The van der Waals surface area contributed by atoms with E-state index >= 15 is 0 Å². The highest BCUT2D eigenvalue weighted by molar-refractivity contribution is 5.95. The maximum atomic E-state index is 13.7. The van der Waals surface area contributed by atoms with E-state index in [2.05, 4.69) is 5.32 Å². The molecule has 7 nitrogen and oxygen atoms in total. The smallest absolute Gasteiger partial charge is 0.226 e. The Bertz CT molecular complexity index is 1420. The van der Waals surface area contributed by atoms with Gasteiger partial charge < -0.3 is 19.5 Å². The Kier molecular flexibility index (Phi) is 6.33. The van der Waals surface area contributed by atoms with E-state index < -0.39 is 0 Å². The summed E-state index contributed by atoms with van der Waals surface area (Å²) in [6.45, 7) is 2.08. The van der Waals surface area contributed by atoms with Gasteiger partial charge in [0.05, 0.1) is 25.6 Å². The number of hydrogen-bond donors (Lipinski definition) is 1. The van der Waals surface area contributed by atoms with Crippen LogP contribution in [0.2, 0.25) is 0 Å². The molecule has 1 aliphatic rings. The second-order valence-electron chi connectivity index (χ2n) is 8.56. The highest BCUT2D eigenvalue weighted by Gasteiger charge is 2.35. The lowest BCUT2D eigenvalue weighted by Crippen LogP contribution is -2.25.